The number of carbonyl (C=O) groups is 1. The minimum atomic E-state index is -0.158. The zero-order valence-electron chi connectivity index (χ0n) is 7.75. The molecule has 1 saturated heterocycles. The van der Waals surface area contributed by atoms with Crippen LogP contribution in [0.4, 0.5) is 0 Å². The molecule has 0 atom stereocenters. The van der Waals surface area contributed by atoms with Gasteiger partial charge in [0.1, 0.15) is 0 Å². The summed E-state index contributed by atoms with van der Waals surface area (Å²) >= 11 is 0. The Morgan fingerprint density at radius 2 is 2.08 bits per heavy atom. The second kappa shape index (κ2) is 4.45. The maximum atomic E-state index is 10.5. The number of piperidine rings is 1. The molecule has 3 heteroatoms. The zero-order chi connectivity index (χ0) is 8.97. The van der Waals surface area contributed by atoms with Crippen molar-refractivity contribution in [2.24, 2.45) is 11.7 Å². The first kappa shape index (κ1) is 9.52. The highest BCUT2D eigenvalue weighted by atomic mass is 16.1. The van der Waals surface area contributed by atoms with Crippen molar-refractivity contribution in [3.05, 3.63) is 0 Å². The predicted octanol–water partition coefficient (Wildman–Crippen LogP) is 0.594. The molecule has 0 unspecified atom stereocenters. The smallest absolute Gasteiger partial charge is 0.217 e. The topological polar surface area (TPSA) is 46.3 Å². The maximum Gasteiger partial charge on any atom is 0.217 e. The molecule has 1 fully saturated rings. The molecule has 0 bridgehead atoms. The monoisotopic (exact) mass is 170 g/mol. The fourth-order valence-corrected chi connectivity index (χ4v) is 1.70. The number of carbonyl (C=O) groups excluding carboxylic acids is 1. The van der Waals surface area contributed by atoms with Gasteiger partial charge in [0.25, 0.3) is 0 Å². The van der Waals surface area contributed by atoms with E-state index >= 15 is 0 Å². The molecule has 0 aromatic heterocycles. The quantitative estimate of drug-likeness (QED) is 0.674. The number of primary amides is 1. The second-order valence-electron chi connectivity index (χ2n) is 3.75. The first-order valence-electron chi connectivity index (χ1n) is 4.65. The number of amides is 1. The fraction of sp³-hybridized carbons (Fsp3) is 0.889. The Morgan fingerprint density at radius 3 is 2.58 bits per heavy atom. The average Bonchev–Trinajstić information content (AvgIpc) is 2.03. The summed E-state index contributed by atoms with van der Waals surface area (Å²) in [6, 6.07) is 0. The molecular formula is C9H18N2O. The summed E-state index contributed by atoms with van der Waals surface area (Å²) in [6.07, 6.45) is 4.01. The van der Waals surface area contributed by atoms with Crippen LogP contribution in [0.1, 0.15) is 25.7 Å². The van der Waals surface area contributed by atoms with Gasteiger partial charge in [-0.1, -0.05) is 0 Å². The van der Waals surface area contributed by atoms with Crippen LogP contribution in [-0.2, 0) is 4.79 Å². The minimum Gasteiger partial charge on any atom is -0.370 e. The second-order valence-corrected chi connectivity index (χ2v) is 3.75. The van der Waals surface area contributed by atoms with Gasteiger partial charge in [-0.3, -0.25) is 4.79 Å². The molecule has 1 aliphatic rings. The van der Waals surface area contributed by atoms with Crippen molar-refractivity contribution in [3.63, 3.8) is 0 Å². The minimum absolute atomic E-state index is 0.158. The van der Waals surface area contributed by atoms with Crippen LogP contribution in [0.2, 0.25) is 0 Å². The maximum absolute atomic E-state index is 10.5. The lowest BCUT2D eigenvalue weighted by molar-refractivity contribution is -0.118. The molecule has 3 nitrogen and oxygen atoms in total. The number of nitrogens with zero attached hydrogens (tertiary/aromatic N) is 1. The van der Waals surface area contributed by atoms with Crippen LogP contribution < -0.4 is 5.73 Å². The van der Waals surface area contributed by atoms with Gasteiger partial charge in [-0.25, -0.2) is 0 Å². The lowest BCUT2D eigenvalue weighted by Crippen LogP contribution is -2.30. The van der Waals surface area contributed by atoms with Gasteiger partial charge < -0.3 is 10.6 Å². The van der Waals surface area contributed by atoms with Crippen molar-refractivity contribution in [1.82, 2.24) is 4.90 Å². The van der Waals surface area contributed by atoms with E-state index in [-0.39, 0.29) is 5.91 Å². The van der Waals surface area contributed by atoms with Crippen molar-refractivity contribution in [2.75, 3.05) is 20.1 Å². The molecule has 1 rings (SSSR count). The summed E-state index contributed by atoms with van der Waals surface area (Å²) in [4.78, 5) is 12.9. The van der Waals surface area contributed by atoms with Gasteiger partial charge in [0.05, 0.1) is 0 Å². The molecule has 70 valence electrons. The van der Waals surface area contributed by atoms with Gasteiger partial charge in [-0.05, 0) is 45.3 Å². The van der Waals surface area contributed by atoms with E-state index in [0.29, 0.717) is 6.42 Å². The van der Waals surface area contributed by atoms with Crippen LogP contribution in [0.25, 0.3) is 0 Å². The summed E-state index contributed by atoms with van der Waals surface area (Å²) in [5, 5.41) is 0. The van der Waals surface area contributed by atoms with Crippen LogP contribution >= 0.6 is 0 Å². The van der Waals surface area contributed by atoms with Gasteiger partial charge in [-0.2, -0.15) is 0 Å². The molecule has 1 amide bonds. The van der Waals surface area contributed by atoms with Crippen molar-refractivity contribution in [1.29, 1.82) is 0 Å². The van der Waals surface area contributed by atoms with Crippen LogP contribution in [0.15, 0.2) is 0 Å². The standard InChI is InChI=1S/C9H18N2O/c1-11-6-4-8(5-7-11)2-3-9(10)12/h8H,2-7H2,1H3,(H2,10,12). The highest BCUT2D eigenvalue weighted by Crippen LogP contribution is 2.20. The Morgan fingerprint density at radius 1 is 1.50 bits per heavy atom. The highest BCUT2D eigenvalue weighted by molar-refractivity contribution is 5.73. The molecule has 0 radical (unpaired) electrons. The highest BCUT2D eigenvalue weighted by Gasteiger charge is 2.16. The molecule has 0 spiro atoms. The van der Waals surface area contributed by atoms with Crippen LogP contribution in [0, 0.1) is 5.92 Å². The Bertz CT molecular complexity index is 151. The average molecular weight is 170 g/mol. The molecule has 2 N–H and O–H groups in total. The SMILES string of the molecule is CN1CCC(CCC(N)=O)CC1. The Hall–Kier alpha value is -0.570. The molecule has 0 aromatic carbocycles. The molecule has 0 aliphatic carbocycles. The van der Waals surface area contributed by atoms with E-state index in [0.717, 1.165) is 12.3 Å². The predicted molar refractivity (Wildman–Crippen MR) is 48.6 cm³/mol. The van der Waals surface area contributed by atoms with Gasteiger partial charge in [-0.15, -0.1) is 0 Å². The third-order valence-electron chi connectivity index (χ3n) is 2.64. The van der Waals surface area contributed by atoms with Crippen molar-refractivity contribution in [3.8, 4) is 0 Å². The largest absolute Gasteiger partial charge is 0.370 e. The lowest BCUT2D eigenvalue weighted by atomic mass is 9.92. The van der Waals surface area contributed by atoms with E-state index in [1.54, 1.807) is 0 Å². The molecule has 12 heavy (non-hydrogen) atoms. The van der Waals surface area contributed by atoms with Crippen molar-refractivity contribution in [2.45, 2.75) is 25.7 Å². The van der Waals surface area contributed by atoms with Gasteiger partial charge >= 0.3 is 0 Å². The number of hydrogen-bond acceptors (Lipinski definition) is 2. The normalized spacial score (nSPS) is 21.1. The number of nitrogens with two attached hydrogens (primary N) is 1. The number of likely N-dealkylation sites (tertiary alicyclic amines) is 1. The summed E-state index contributed by atoms with van der Waals surface area (Å²) in [6.45, 7) is 2.34. The van der Waals surface area contributed by atoms with Crippen LogP contribution in [0.5, 0.6) is 0 Å². The van der Waals surface area contributed by atoms with E-state index in [9.17, 15) is 4.79 Å². The summed E-state index contributed by atoms with van der Waals surface area (Å²) in [7, 11) is 2.14. The lowest BCUT2D eigenvalue weighted by Gasteiger charge is -2.28. The van der Waals surface area contributed by atoms with Gasteiger partial charge in [0.15, 0.2) is 0 Å². The van der Waals surface area contributed by atoms with E-state index < -0.39 is 0 Å². The van der Waals surface area contributed by atoms with Crippen LogP contribution in [0.3, 0.4) is 0 Å². The first-order chi connectivity index (χ1) is 5.68. The number of rotatable bonds is 3. The third-order valence-corrected chi connectivity index (χ3v) is 2.64. The van der Waals surface area contributed by atoms with E-state index in [2.05, 4.69) is 11.9 Å². The Labute approximate surface area is 73.9 Å². The third kappa shape index (κ3) is 3.22. The fourth-order valence-electron chi connectivity index (χ4n) is 1.70. The molecule has 0 aromatic rings. The molecule has 1 aliphatic heterocycles. The van der Waals surface area contributed by atoms with Gasteiger partial charge in [0.2, 0.25) is 5.91 Å². The van der Waals surface area contributed by atoms with Crippen molar-refractivity contribution >= 4 is 5.91 Å². The zero-order valence-corrected chi connectivity index (χ0v) is 7.75. The summed E-state index contributed by atoms with van der Waals surface area (Å²) < 4.78 is 0. The molecule has 0 saturated carbocycles. The van der Waals surface area contributed by atoms with E-state index in [1.165, 1.54) is 25.9 Å². The first-order valence-corrected chi connectivity index (χ1v) is 4.65. The number of hydrogen-bond donors (Lipinski definition) is 1. The Kier molecular flexibility index (Phi) is 3.53. The Balaban J connectivity index is 2.13. The van der Waals surface area contributed by atoms with Crippen molar-refractivity contribution < 1.29 is 4.79 Å². The molecule has 1 heterocycles. The van der Waals surface area contributed by atoms with E-state index in [1.807, 2.05) is 0 Å². The van der Waals surface area contributed by atoms with Crippen LogP contribution in [-0.4, -0.2) is 30.9 Å². The summed E-state index contributed by atoms with van der Waals surface area (Å²) in [5.74, 6) is 0.572. The van der Waals surface area contributed by atoms with Gasteiger partial charge in [0, 0.05) is 6.42 Å². The van der Waals surface area contributed by atoms with E-state index in [4.69, 9.17) is 5.73 Å². The summed E-state index contributed by atoms with van der Waals surface area (Å²) in [5.41, 5.74) is 5.09. The molecular weight excluding hydrogens is 152 g/mol.